The summed E-state index contributed by atoms with van der Waals surface area (Å²) in [5, 5.41) is 10.7. The minimum absolute atomic E-state index is 0.112. The minimum Gasteiger partial charge on any atom is -0.465 e. The van der Waals surface area contributed by atoms with E-state index in [1.165, 1.54) is 0 Å². The van der Waals surface area contributed by atoms with Gasteiger partial charge in [-0.25, -0.2) is 0 Å². The van der Waals surface area contributed by atoms with Crippen LogP contribution in [0.1, 0.15) is 37.0 Å². The van der Waals surface area contributed by atoms with Crippen molar-refractivity contribution in [1.29, 1.82) is 0 Å². The molecule has 1 amide bonds. The second-order valence-corrected chi connectivity index (χ2v) is 6.92. The van der Waals surface area contributed by atoms with Crippen LogP contribution in [0, 0.1) is 0 Å². The standard InChI is InChI=1S/C16H19N3O4S/c1-4-22-14(21)16(2,3)24-15-19-18-12(23-15)10-17-13(20)11-8-6-5-7-9-11/h5-9H,4,10H2,1-3H3,(H,17,20). The smallest absolute Gasteiger partial charge is 0.322 e. The summed E-state index contributed by atoms with van der Waals surface area (Å²) in [7, 11) is 0. The molecule has 128 valence electrons. The molecule has 2 aromatic rings. The molecule has 0 radical (unpaired) electrons. The highest BCUT2D eigenvalue weighted by Gasteiger charge is 2.33. The number of thioether (sulfide) groups is 1. The van der Waals surface area contributed by atoms with Crippen molar-refractivity contribution in [2.75, 3.05) is 6.61 Å². The summed E-state index contributed by atoms with van der Waals surface area (Å²) in [4.78, 5) is 23.8. The molecule has 24 heavy (non-hydrogen) atoms. The number of ether oxygens (including phenoxy) is 1. The maximum atomic E-state index is 11.9. The van der Waals surface area contributed by atoms with Crippen LogP contribution >= 0.6 is 11.8 Å². The number of nitrogens with zero attached hydrogens (tertiary/aromatic N) is 2. The molecule has 2 rings (SSSR count). The van der Waals surface area contributed by atoms with Gasteiger partial charge in [-0.15, -0.1) is 10.2 Å². The molecule has 1 heterocycles. The highest BCUT2D eigenvalue weighted by Crippen LogP contribution is 2.32. The second kappa shape index (κ2) is 7.96. The summed E-state index contributed by atoms with van der Waals surface area (Å²) in [6.45, 7) is 5.61. The fourth-order valence-electron chi connectivity index (χ4n) is 1.76. The number of carbonyl (C=O) groups excluding carboxylic acids is 2. The predicted octanol–water partition coefficient (Wildman–Crippen LogP) is 2.43. The Labute approximate surface area is 144 Å². The number of amides is 1. The summed E-state index contributed by atoms with van der Waals surface area (Å²) >= 11 is 1.12. The zero-order chi connectivity index (χ0) is 17.6. The molecule has 7 nitrogen and oxygen atoms in total. The SMILES string of the molecule is CCOC(=O)C(C)(C)Sc1nnc(CNC(=O)c2ccccc2)o1. The lowest BCUT2D eigenvalue weighted by Crippen LogP contribution is -2.30. The van der Waals surface area contributed by atoms with Crippen LogP contribution in [0.25, 0.3) is 0 Å². The fourth-order valence-corrected chi connectivity index (χ4v) is 2.56. The van der Waals surface area contributed by atoms with Crippen molar-refractivity contribution in [2.45, 2.75) is 37.3 Å². The van der Waals surface area contributed by atoms with Crippen molar-refractivity contribution in [3.05, 3.63) is 41.8 Å². The molecule has 0 fully saturated rings. The average molecular weight is 349 g/mol. The van der Waals surface area contributed by atoms with Gasteiger partial charge in [-0.05, 0) is 44.7 Å². The molecule has 0 saturated heterocycles. The van der Waals surface area contributed by atoms with Crippen molar-refractivity contribution < 1.29 is 18.7 Å². The van der Waals surface area contributed by atoms with E-state index in [4.69, 9.17) is 9.15 Å². The van der Waals surface area contributed by atoms with Gasteiger partial charge < -0.3 is 14.5 Å². The maximum Gasteiger partial charge on any atom is 0.322 e. The summed E-state index contributed by atoms with van der Waals surface area (Å²) < 4.78 is 9.62. The van der Waals surface area contributed by atoms with Gasteiger partial charge in [0.05, 0.1) is 13.2 Å². The van der Waals surface area contributed by atoms with E-state index < -0.39 is 4.75 Å². The molecule has 0 aliphatic carbocycles. The van der Waals surface area contributed by atoms with E-state index in [9.17, 15) is 9.59 Å². The maximum absolute atomic E-state index is 11.9. The molecule has 0 bridgehead atoms. The Bertz CT molecular complexity index is 700. The number of rotatable bonds is 7. The van der Waals surface area contributed by atoms with Gasteiger partial charge in [0.25, 0.3) is 11.1 Å². The number of carbonyl (C=O) groups is 2. The Balaban J connectivity index is 1.91. The van der Waals surface area contributed by atoms with Crippen molar-refractivity contribution in [1.82, 2.24) is 15.5 Å². The average Bonchev–Trinajstić information content (AvgIpc) is 3.00. The highest BCUT2D eigenvalue weighted by molar-refractivity contribution is 8.01. The predicted molar refractivity (Wildman–Crippen MR) is 88.5 cm³/mol. The van der Waals surface area contributed by atoms with Crippen molar-refractivity contribution in [2.24, 2.45) is 0 Å². The molecule has 0 aliphatic heterocycles. The first-order valence-corrected chi connectivity index (χ1v) is 8.26. The minimum atomic E-state index is -0.840. The summed E-state index contributed by atoms with van der Waals surface area (Å²) in [6.07, 6.45) is 0. The van der Waals surface area contributed by atoms with Gasteiger partial charge in [-0.1, -0.05) is 18.2 Å². The number of aromatic nitrogens is 2. The summed E-state index contributed by atoms with van der Waals surface area (Å²) in [6, 6.07) is 8.84. The first-order valence-electron chi connectivity index (χ1n) is 7.44. The second-order valence-electron chi connectivity index (χ2n) is 5.34. The molecule has 0 unspecified atom stereocenters. The number of hydrogen-bond acceptors (Lipinski definition) is 7. The van der Waals surface area contributed by atoms with Crippen molar-refractivity contribution in [3.63, 3.8) is 0 Å². The van der Waals surface area contributed by atoms with E-state index in [0.717, 1.165) is 11.8 Å². The number of hydrogen-bond donors (Lipinski definition) is 1. The molecule has 1 N–H and O–H groups in total. The van der Waals surface area contributed by atoms with Crippen LogP contribution in [0.2, 0.25) is 0 Å². The summed E-state index contributed by atoms with van der Waals surface area (Å²) in [5.41, 5.74) is 0.551. The quantitative estimate of drug-likeness (QED) is 0.606. The molecule has 0 aliphatic rings. The van der Waals surface area contributed by atoms with Crippen molar-refractivity contribution >= 4 is 23.6 Å². The van der Waals surface area contributed by atoms with E-state index >= 15 is 0 Å². The Hall–Kier alpha value is -2.35. The van der Waals surface area contributed by atoms with E-state index in [1.54, 1.807) is 45.0 Å². The molecule has 1 aromatic carbocycles. The fraction of sp³-hybridized carbons (Fsp3) is 0.375. The van der Waals surface area contributed by atoms with Crippen LogP contribution in [0.15, 0.2) is 40.0 Å². The Morgan fingerprint density at radius 1 is 1.25 bits per heavy atom. The molecular formula is C16H19N3O4S. The topological polar surface area (TPSA) is 94.3 Å². The Morgan fingerprint density at radius 3 is 2.62 bits per heavy atom. The number of esters is 1. The third kappa shape index (κ3) is 4.82. The molecule has 0 spiro atoms. The van der Waals surface area contributed by atoms with Crippen LogP contribution < -0.4 is 5.32 Å². The van der Waals surface area contributed by atoms with Gasteiger partial charge in [0.2, 0.25) is 5.89 Å². The molecule has 0 atom stereocenters. The van der Waals surface area contributed by atoms with E-state index in [0.29, 0.717) is 12.2 Å². The lowest BCUT2D eigenvalue weighted by atomic mass is 10.2. The Morgan fingerprint density at radius 2 is 1.96 bits per heavy atom. The monoisotopic (exact) mass is 349 g/mol. The van der Waals surface area contributed by atoms with Gasteiger partial charge in [-0.3, -0.25) is 9.59 Å². The third-order valence-corrected chi connectivity index (χ3v) is 4.01. The largest absolute Gasteiger partial charge is 0.465 e. The third-order valence-electron chi connectivity index (χ3n) is 2.99. The zero-order valence-electron chi connectivity index (χ0n) is 13.7. The summed E-state index contributed by atoms with van der Waals surface area (Å²) in [5.74, 6) is -0.316. The first kappa shape index (κ1) is 18.0. The van der Waals surface area contributed by atoms with E-state index in [2.05, 4.69) is 15.5 Å². The lowest BCUT2D eigenvalue weighted by Gasteiger charge is -2.18. The van der Waals surface area contributed by atoms with E-state index in [1.807, 2.05) is 6.07 Å². The number of nitrogens with one attached hydrogen (secondary N) is 1. The zero-order valence-corrected chi connectivity index (χ0v) is 14.6. The molecule has 1 aromatic heterocycles. The molecule has 8 heteroatoms. The van der Waals surface area contributed by atoms with Gasteiger partial charge in [0, 0.05) is 5.56 Å². The number of benzene rings is 1. The normalized spacial score (nSPS) is 11.1. The van der Waals surface area contributed by atoms with E-state index in [-0.39, 0.29) is 29.5 Å². The van der Waals surface area contributed by atoms with Crippen LogP contribution in [-0.2, 0) is 16.1 Å². The van der Waals surface area contributed by atoms with Crippen LogP contribution in [0.3, 0.4) is 0 Å². The van der Waals surface area contributed by atoms with Gasteiger partial charge in [0.15, 0.2) is 0 Å². The lowest BCUT2D eigenvalue weighted by molar-refractivity contribution is -0.145. The molecular weight excluding hydrogens is 330 g/mol. The highest BCUT2D eigenvalue weighted by atomic mass is 32.2. The van der Waals surface area contributed by atoms with Gasteiger partial charge >= 0.3 is 5.97 Å². The van der Waals surface area contributed by atoms with Gasteiger partial charge in [-0.2, -0.15) is 0 Å². The van der Waals surface area contributed by atoms with Crippen LogP contribution in [0.5, 0.6) is 0 Å². The molecule has 0 saturated carbocycles. The van der Waals surface area contributed by atoms with Crippen LogP contribution in [-0.4, -0.2) is 33.4 Å². The van der Waals surface area contributed by atoms with Crippen molar-refractivity contribution in [3.8, 4) is 0 Å². The van der Waals surface area contributed by atoms with Gasteiger partial charge in [0.1, 0.15) is 4.75 Å². The Kier molecular flexibility index (Phi) is 5.97. The van der Waals surface area contributed by atoms with Crippen LogP contribution in [0.4, 0.5) is 0 Å². The first-order chi connectivity index (χ1) is 11.4.